The second kappa shape index (κ2) is 9.10. The number of hydrogen-bond donors (Lipinski definition) is 0. The predicted octanol–water partition coefficient (Wildman–Crippen LogP) is 0.499. The van der Waals surface area contributed by atoms with Crippen molar-refractivity contribution in [3.63, 3.8) is 0 Å². The first kappa shape index (κ1) is 8.86. The minimum atomic E-state index is 0. The topological polar surface area (TPSA) is 0 Å². The number of halogens is 1. The maximum atomic E-state index is 3.54. The van der Waals surface area contributed by atoms with Crippen LogP contribution < -0.4 is 0 Å². The van der Waals surface area contributed by atoms with Gasteiger partial charge in [0.05, 0.1) is 0 Å². The molecule has 0 aromatic rings. The molecular formula is C3H9FSi. The van der Waals surface area contributed by atoms with Gasteiger partial charge in [-0.25, -0.2) is 0 Å². The standard InChI is InChI=1S/C3H8Si.FH/c1-3-4-2;/h3H,1,4H2,2H3;1H. The first-order valence-electron chi connectivity index (χ1n) is 1.52. The molecule has 0 N–H and O–H groups in total. The zero-order valence-corrected chi connectivity index (χ0v) is 4.81. The third-order valence-electron chi connectivity index (χ3n) is 0.289. The van der Waals surface area contributed by atoms with E-state index in [1.807, 2.05) is 5.70 Å². The van der Waals surface area contributed by atoms with Gasteiger partial charge < -0.3 is 0 Å². The van der Waals surface area contributed by atoms with Crippen molar-refractivity contribution in [3.05, 3.63) is 12.3 Å². The quantitative estimate of drug-likeness (QED) is 0.413. The highest BCUT2D eigenvalue weighted by atomic mass is 28.2. The second-order valence-corrected chi connectivity index (χ2v) is 2.09. The van der Waals surface area contributed by atoms with Crippen LogP contribution in [0.4, 0.5) is 4.70 Å². The Bertz CT molecular complexity index is 20.9. The molecule has 0 heterocycles. The van der Waals surface area contributed by atoms with Crippen LogP contribution in [0.1, 0.15) is 0 Å². The predicted molar refractivity (Wildman–Crippen MR) is 27.1 cm³/mol. The lowest BCUT2D eigenvalue weighted by atomic mass is 11.3. The third kappa shape index (κ3) is 17.6. The molecule has 0 fully saturated rings. The molecule has 5 heavy (non-hydrogen) atoms. The summed E-state index contributed by atoms with van der Waals surface area (Å²) in [5, 5.41) is 0. The van der Waals surface area contributed by atoms with Crippen LogP contribution in [0.2, 0.25) is 6.55 Å². The molecule has 0 bridgehead atoms. The molecule has 0 radical (unpaired) electrons. The van der Waals surface area contributed by atoms with E-state index >= 15 is 0 Å². The molecule has 0 aliphatic carbocycles. The van der Waals surface area contributed by atoms with Crippen LogP contribution in [-0.4, -0.2) is 9.52 Å². The van der Waals surface area contributed by atoms with Crippen molar-refractivity contribution in [3.8, 4) is 0 Å². The first-order valence-corrected chi connectivity index (χ1v) is 3.75. The van der Waals surface area contributed by atoms with Crippen molar-refractivity contribution >= 4 is 9.52 Å². The molecule has 32 valence electrons. The van der Waals surface area contributed by atoms with Crippen LogP contribution in [0.5, 0.6) is 0 Å². The summed E-state index contributed by atoms with van der Waals surface area (Å²) in [6.07, 6.45) is 0. The molecule has 0 spiro atoms. The van der Waals surface area contributed by atoms with Gasteiger partial charge >= 0.3 is 0 Å². The Kier molecular flexibility index (Phi) is 16.1. The summed E-state index contributed by atoms with van der Waals surface area (Å²) in [5.41, 5.74) is 2.01. The van der Waals surface area contributed by atoms with Gasteiger partial charge in [0.1, 0.15) is 0 Å². The summed E-state index contributed by atoms with van der Waals surface area (Å²) in [5.74, 6) is 0. The lowest BCUT2D eigenvalue weighted by Crippen LogP contribution is -1.61. The Morgan fingerprint density at radius 2 is 2.00 bits per heavy atom. The van der Waals surface area contributed by atoms with Crippen molar-refractivity contribution in [2.24, 2.45) is 0 Å². The molecule has 0 saturated carbocycles. The molecule has 0 amide bonds. The zero-order chi connectivity index (χ0) is 3.41. The fourth-order valence-electron chi connectivity index (χ4n) is 0. The van der Waals surface area contributed by atoms with Crippen molar-refractivity contribution in [2.75, 3.05) is 0 Å². The van der Waals surface area contributed by atoms with E-state index in [0.29, 0.717) is 0 Å². The Morgan fingerprint density at radius 1 is 1.80 bits per heavy atom. The molecule has 0 aliphatic heterocycles. The highest BCUT2D eigenvalue weighted by Crippen LogP contribution is 1.48. The van der Waals surface area contributed by atoms with Crippen LogP contribution in [-0.2, 0) is 0 Å². The summed E-state index contributed by atoms with van der Waals surface area (Å²) < 4.78 is 0. The van der Waals surface area contributed by atoms with Crippen LogP contribution >= 0.6 is 0 Å². The van der Waals surface area contributed by atoms with Crippen molar-refractivity contribution in [1.29, 1.82) is 0 Å². The molecule has 0 unspecified atom stereocenters. The Labute approximate surface area is 34.1 Å². The van der Waals surface area contributed by atoms with Gasteiger partial charge in [-0.05, 0) is 0 Å². The largest absolute Gasteiger partial charge is 0.269 e. The van der Waals surface area contributed by atoms with E-state index in [1.165, 1.54) is 0 Å². The van der Waals surface area contributed by atoms with Gasteiger partial charge in [-0.15, -0.1) is 12.3 Å². The second-order valence-electron chi connectivity index (χ2n) is 0.697. The fourth-order valence-corrected chi connectivity index (χ4v) is 0. The SMILES string of the molecule is C=C[SiH2]C.F. The highest BCUT2D eigenvalue weighted by Gasteiger charge is 1.48. The average molecular weight is 92.2 g/mol. The molecule has 0 atom stereocenters. The summed E-state index contributed by atoms with van der Waals surface area (Å²) in [4.78, 5) is 0. The summed E-state index contributed by atoms with van der Waals surface area (Å²) in [6, 6.07) is 0. The van der Waals surface area contributed by atoms with E-state index in [9.17, 15) is 0 Å². The van der Waals surface area contributed by atoms with Gasteiger partial charge in [-0.3, -0.25) is 4.70 Å². The highest BCUT2D eigenvalue weighted by molar-refractivity contribution is 6.39. The first-order chi connectivity index (χ1) is 1.91. The summed E-state index contributed by atoms with van der Waals surface area (Å²) >= 11 is 0. The number of rotatable bonds is 1. The Hall–Kier alpha value is -0.113. The number of hydrogen-bond acceptors (Lipinski definition) is 0. The molecule has 2 heteroatoms. The molecule has 0 aliphatic rings. The maximum Gasteiger partial charge on any atom is 0.0415 e. The Morgan fingerprint density at radius 3 is 2.00 bits per heavy atom. The van der Waals surface area contributed by atoms with Crippen LogP contribution in [0.25, 0.3) is 0 Å². The van der Waals surface area contributed by atoms with Gasteiger partial charge in [0.15, 0.2) is 0 Å². The van der Waals surface area contributed by atoms with E-state index in [1.54, 1.807) is 0 Å². The maximum absolute atomic E-state index is 3.54. The zero-order valence-electron chi connectivity index (χ0n) is 3.40. The average Bonchev–Trinajstić information content (AvgIpc) is 1.37. The van der Waals surface area contributed by atoms with Gasteiger partial charge in [0.2, 0.25) is 0 Å². The van der Waals surface area contributed by atoms with Gasteiger partial charge in [0, 0.05) is 9.52 Å². The van der Waals surface area contributed by atoms with E-state index in [2.05, 4.69) is 13.1 Å². The van der Waals surface area contributed by atoms with Crippen molar-refractivity contribution in [2.45, 2.75) is 6.55 Å². The molecule has 0 nitrogen and oxygen atoms in total. The van der Waals surface area contributed by atoms with Crippen molar-refractivity contribution in [1.82, 2.24) is 0 Å². The van der Waals surface area contributed by atoms with Gasteiger partial charge in [0.25, 0.3) is 0 Å². The van der Waals surface area contributed by atoms with E-state index in [4.69, 9.17) is 0 Å². The van der Waals surface area contributed by atoms with E-state index < -0.39 is 0 Å². The van der Waals surface area contributed by atoms with Gasteiger partial charge in [-0.2, -0.15) is 0 Å². The van der Waals surface area contributed by atoms with E-state index in [-0.39, 0.29) is 14.2 Å². The minimum Gasteiger partial charge on any atom is -0.269 e. The normalized spacial score (nSPS) is 7.40. The fraction of sp³-hybridized carbons (Fsp3) is 0.333. The minimum absolute atomic E-state index is 0. The lowest BCUT2D eigenvalue weighted by molar-refractivity contribution is 1.11. The third-order valence-corrected chi connectivity index (χ3v) is 0.866. The Balaban J connectivity index is 0. The summed E-state index contributed by atoms with van der Waals surface area (Å²) in [7, 11) is 0.188. The molecule has 0 aromatic carbocycles. The smallest absolute Gasteiger partial charge is 0.0415 e. The van der Waals surface area contributed by atoms with Crippen LogP contribution in [0, 0.1) is 0 Å². The monoisotopic (exact) mass is 92.0 g/mol. The molecule has 0 rings (SSSR count). The molecule has 0 saturated heterocycles. The lowest BCUT2D eigenvalue weighted by Gasteiger charge is -1.55. The molecule has 0 aromatic heterocycles. The van der Waals surface area contributed by atoms with Crippen LogP contribution in [0.15, 0.2) is 12.3 Å². The molecular weight excluding hydrogens is 83.1 g/mol. The van der Waals surface area contributed by atoms with Gasteiger partial charge in [-0.1, -0.05) is 6.55 Å². The van der Waals surface area contributed by atoms with Crippen LogP contribution in [0.3, 0.4) is 0 Å². The van der Waals surface area contributed by atoms with Crippen molar-refractivity contribution < 1.29 is 4.70 Å². The summed E-state index contributed by atoms with van der Waals surface area (Å²) in [6.45, 7) is 5.74. The van der Waals surface area contributed by atoms with E-state index in [0.717, 1.165) is 0 Å².